The van der Waals surface area contributed by atoms with Crippen LogP contribution >= 0.6 is 12.2 Å². The lowest BCUT2D eigenvalue weighted by Crippen LogP contribution is -2.22. The van der Waals surface area contributed by atoms with Crippen molar-refractivity contribution in [3.63, 3.8) is 0 Å². The monoisotopic (exact) mass is 338 g/mol. The molecule has 0 saturated carbocycles. The Morgan fingerprint density at radius 1 is 1.00 bits per heavy atom. The smallest absolute Gasteiger partial charge is 0.203 e. The quantitative estimate of drug-likeness (QED) is 0.655. The molecule has 0 unspecified atom stereocenters. The standard InChI is InChI=1S/C19H22N4S/c1-15-9-11-18(12-10-15)23-16(2)20-22(19(23)24)14-21(3)13-17-7-5-4-6-8-17/h4-12H,13-14H2,1-3H3. The minimum Gasteiger partial charge on any atom is -0.283 e. The van der Waals surface area contributed by atoms with E-state index >= 15 is 0 Å². The Labute approximate surface area is 148 Å². The highest BCUT2D eigenvalue weighted by Gasteiger charge is 2.10. The van der Waals surface area contributed by atoms with Gasteiger partial charge in [0.2, 0.25) is 4.77 Å². The molecule has 3 rings (SSSR count). The number of rotatable bonds is 5. The van der Waals surface area contributed by atoms with Crippen molar-refractivity contribution < 1.29 is 0 Å². The molecular formula is C19H22N4S. The molecule has 24 heavy (non-hydrogen) atoms. The summed E-state index contributed by atoms with van der Waals surface area (Å²) in [6.07, 6.45) is 0. The third-order valence-electron chi connectivity index (χ3n) is 3.96. The molecule has 0 radical (unpaired) electrons. The molecule has 0 aliphatic rings. The van der Waals surface area contributed by atoms with Gasteiger partial charge in [-0.1, -0.05) is 48.0 Å². The summed E-state index contributed by atoms with van der Waals surface area (Å²) in [5.74, 6) is 0.900. The summed E-state index contributed by atoms with van der Waals surface area (Å²) in [7, 11) is 2.08. The fourth-order valence-corrected chi connectivity index (χ4v) is 3.11. The first-order valence-corrected chi connectivity index (χ1v) is 8.41. The highest BCUT2D eigenvalue weighted by Crippen LogP contribution is 2.14. The van der Waals surface area contributed by atoms with Crippen molar-refractivity contribution in [1.29, 1.82) is 0 Å². The lowest BCUT2D eigenvalue weighted by Gasteiger charge is -2.16. The van der Waals surface area contributed by atoms with E-state index in [1.165, 1.54) is 11.1 Å². The number of hydrogen-bond donors (Lipinski definition) is 0. The number of hydrogen-bond acceptors (Lipinski definition) is 3. The van der Waals surface area contributed by atoms with Crippen molar-refractivity contribution in [3.8, 4) is 5.69 Å². The van der Waals surface area contributed by atoms with Gasteiger partial charge < -0.3 is 0 Å². The Morgan fingerprint density at radius 3 is 2.33 bits per heavy atom. The van der Waals surface area contributed by atoms with Crippen molar-refractivity contribution in [2.75, 3.05) is 7.05 Å². The fraction of sp³-hybridized carbons (Fsp3) is 0.263. The predicted octanol–water partition coefficient (Wildman–Crippen LogP) is 4.11. The molecule has 0 aliphatic heterocycles. The molecule has 1 aromatic heterocycles. The van der Waals surface area contributed by atoms with E-state index in [9.17, 15) is 0 Å². The zero-order valence-electron chi connectivity index (χ0n) is 14.3. The summed E-state index contributed by atoms with van der Waals surface area (Å²) >= 11 is 5.65. The normalized spacial score (nSPS) is 11.2. The Hall–Kier alpha value is -2.24. The number of aryl methyl sites for hydroxylation is 2. The van der Waals surface area contributed by atoms with Gasteiger partial charge in [-0.15, -0.1) is 0 Å². The molecular weight excluding hydrogens is 316 g/mol. The first-order chi connectivity index (χ1) is 11.5. The second-order valence-electron chi connectivity index (χ2n) is 6.14. The Morgan fingerprint density at radius 2 is 1.67 bits per heavy atom. The van der Waals surface area contributed by atoms with Crippen molar-refractivity contribution in [2.45, 2.75) is 27.1 Å². The molecule has 0 atom stereocenters. The lowest BCUT2D eigenvalue weighted by molar-refractivity contribution is 0.244. The predicted molar refractivity (Wildman–Crippen MR) is 99.8 cm³/mol. The second kappa shape index (κ2) is 7.11. The van der Waals surface area contributed by atoms with Crippen LogP contribution in [0.4, 0.5) is 0 Å². The second-order valence-corrected chi connectivity index (χ2v) is 6.51. The molecule has 1 heterocycles. The minimum atomic E-state index is 0.660. The summed E-state index contributed by atoms with van der Waals surface area (Å²) in [5.41, 5.74) is 3.57. The van der Waals surface area contributed by atoms with E-state index < -0.39 is 0 Å². The Kier molecular flexibility index (Phi) is 4.92. The average molecular weight is 338 g/mol. The van der Waals surface area contributed by atoms with E-state index in [2.05, 4.69) is 72.5 Å². The van der Waals surface area contributed by atoms with Gasteiger partial charge in [0, 0.05) is 12.2 Å². The van der Waals surface area contributed by atoms with Crippen LogP contribution in [0.1, 0.15) is 17.0 Å². The summed E-state index contributed by atoms with van der Waals surface area (Å²) < 4.78 is 4.62. The minimum absolute atomic E-state index is 0.660. The fourth-order valence-electron chi connectivity index (χ4n) is 2.77. The van der Waals surface area contributed by atoms with Gasteiger partial charge >= 0.3 is 0 Å². The van der Waals surface area contributed by atoms with Crippen LogP contribution in [0.25, 0.3) is 5.69 Å². The molecule has 5 heteroatoms. The SMILES string of the molecule is Cc1ccc(-n2c(C)nn(CN(C)Cc3ccccc3)c2=S)cc1. The average Bonchev–Trinajstić information content (AvgIpc) is 2.83. The van der Waals surface area contributed by atoms with E-state index in [4.69, 9.17) is 12.2 Å². The van der Waals surface area contributed by atoms with Crippen LogP contribution in [0.2, 0.25) is 0 Å². The van der Waals surface area contributed by atoms with Crippen molar-refractivity contribution >= 4 is 12.2 Å². The molecule has 0 amide bonds. The van der Waals surface area contributed by atoms with Crippen LogP contribution in [0, 0.1) is 18.6 Å². The maximum absolute atomic E-state index is 5.65. The third kappa shape index (κ3) is 3.63. The maximum Gasteiger partial charge on any atom is 0.203 e. The first-order valence-electron chi connectivity index (χ1n) is 8.00. The van der Waals surface area contributed by atoms with Gasteiger partial charge in [-0.25, -0.2) is 4.68 Å². The van der Waals surface area contributed by atoms with Gasteiger partial charge in [0.25, 0.3) is 0 Å². The van der Waals surface area contributed by atoms with Crippen LogP contribution < -0.4 is 0 Å². The molecule has 4 nitrogen and oxygen atoms in total. The largest absolute Gasteiger partial charge is 0.283 e. The summed E-state index contributed by atoms with van der Waals surface area (Å²) in [6, 6.07) is 18.8. The molecule has 124 valence electrons. The zero-order valence-corrected chi connectivity index (χ0v) is 15.1. The van der Waals surface area contributed by atoms with Crippen molar-refractivity contribution in [3.05, 3.63) is 76.3 Å². The molecule has 0 aliphatic carbocycles. The molecule has 2 aromatic carbocycles. The van der Waals surface area contributed by atoms with Crippen LogP contribution in [0.5, 0.6) is 0 Å². The highest BCUT2D eigenvalue weighted by molar-refractivity contribution is 7.71. The van der Waals surface area contributed by atoms with Gasteiger partial charge in [-0.2, -0.15) is 5.10 Å². The number of benzene rings is 2. The summed E-state index contributed by atoms with van der Waals surface area (Å²) in [5, 5.41) is 4.62. The van der Waals surface area contributed by atoms with E-state index in [-0.39, 0.29) is 0 Å². The van der Waals surface area contributed by atoms with Crippen LogP contribution in [0.3, 0.4) is 0 Å². The van der Waals surface area contributed by atoms with Gasteiger partial charge in [0.1, 0.15) is 5.82 Å². The van der Waals surface area contributed by atoms with E-state index in [1.807, 2.05) is 22.2 Å². The molecule has 0 N–H and O–H groups in total. The molecule has 3 aromatic rings. The van der Waals surface area contributed by atoms with E-state index in [0.29, 0.717) is 6.67 Å². The van der Waals surface area contributed by atoms with Crippen LogP contribution in [-0.2, 0) is 13.2 Å². The molecule has 0 saturated heterocycles. The van der Waals surface area contributed by atoms with Crippen molar-refractivity contribution in [1.82, 2.24) is 19.2 Å². The van der Waals surface area contributed by atoms with Gasteiger partial charge in [-0.05, 0) is 50.8 Å². The van der Waals surface area contributed by atoms with E-state index in [1.54, 1.807) is 0 Å². The maximum atomic E-state index is 5.65. The van der Waals surface area contributed by atoms with Crippen LogP contribution in [-0.4, -0.2) is 26.3 Å². The topological polar surface area (TPSA) is 26.0 Å². The van der Waals surface area contributed by atoms with Gasteiger partial charge in [0.15, 0.2) is 0 Å². The van der Waals surface area contributed by atoms with Gasteiger partial charge in [0.05, 0.1) is 6.67 Å². The van der Waals surface area contributed by atoms with Gasteiger partial charge in [-0.3, -0.25) is 9.47 Å². The van der Waals surface area contributed by atoms with E-state index in [0.717, 1.165) is 22.8 Å². The molecule has 0 bridgehead atoms. The summed E-state index contributed by atoms with van der Waals surface area (Å²) in [4.78, 5) is 2.21. The number of nitrogens with zero attached hydrogens (tertiary/aromatic N) is 4. The third-order valence-corrected chi connectivity index (χ3v) is 4.36. The van der Waals surface area contributed by atoms with Crippen molar-refractivity contribution in [2.24, 2.45) is 0 Å². The Bertz CT molecular complexity index is 863. The summed E-state index contributed by atoms with van der Waals surface area (Å²) in [6.45, 7) is 5.59. The van der Waals surface area contributed by atoms with Crippen LogP contribution in [0.15, 0.2) is 54.6 Å². The highest BCUT2D eigenvalue weighted by atomic mass is 32.1. The zero-order chi connectivity index (χ0) is 17.1. The molecule has 0 spiro atoms. The Balaban J connectivity index is 1.81. The molecule has 0 fully saturated rings. The first kappa shape index (κ1) is 16.6. The lowest BCUT2D eigenvalue weighted by atomic mass is 10.2. The number of aromatic nitrogens is 3.